The van der Waals surface area contributed by atoms with E-state index in [-0.39, 0.29) is 5.91 Å². The first-order chi connectivity index (χ1) is 7.22. The maximum absolute atomic E-state index is 11.9. The first kappa shape index (κ1) is 9.64. The van der Waals surface area contributed by atoms with Crippen molar-refractivity contribution in [2.24, 2.45) is 7.05 Å². The van der Waals surface area contributed by atoms with Crippen LogP contribution in [-0.4, -0.2) is 25.2 Å². The monoisotopic (exact) mass is 204 g/mol. The van der Waals surface area contributed by atoms with Gasteiger partial charge in [0, 0.05) is 19.4 Å². The molecule has 0 saturated heterocycles. The lowest BCUT2D eigenvalue weighted by Gasteiger charge is -1.99. The summed E-state index contributed by atoms with van der Waals surface area (Å²) in [5.41, 5.74) is 1.49. The molecule has 5 nitrogen and oxygen atoms in total. The highest BCUT2D eigenvalue weighted by Gasteiger charge is 2.13. The minimum Gasteiger partial charge on any atom is -0.271 e. The Labute approximate surface area is 87.4 Å². The molecule has 5 heteroatoms. The number of rotatable bonds is 2. The summed E-state index contributed by atoms with van der Waals surface area (Å²) in [6.07, 6.45) is 5.52. The van der Waals surface area contributed by atoms with E-state index in [1.165, 1.54) is 10.9 Å². The highest BCUT2D eigenvalue weighted by atomic mass is 16.2. The molecule has 2 heterocycles. The quantitative estimate of drug-likeness (QED) is 0.729. The Morgan fingerprint density at radius 3 is 2.87 bits per heavy atom. The Kier molecular flexibility index (Phi) is 2.37. The van der Waals surface area contributed by atoms with Crippen LogP contribution < -0.4 is 0 Å². The van der Waals surface area contributed by atoms with Crippen LogP contribution >= 0.6 is 0 Å². The SMILES string of the molecule is CCc1cc(C(=O)n2ccnc2)n(C)n1. The average molecular weight is 204 g/mol. The third-order valence-corrected chi connectivity index (χ3v) is 2.25. The van der Waals surface area contributed by atoms with Gasteiger partial charge in [-0.05, 0) is 12.5 Å². The lowest BCUT2D eigenvalue weighted by Crippen LogP contribution is -2.14. The molecule has 78 valence electrons. The van der Waals surface area contributed by atoms with E-state index in [2.05, 4.69) is 10.1 Å². The van der Waals surface area contributed by atoms with Crippen LogP contribution in [0, 0.1) is 0 Å². The van der Waals surface area contributed by atoms with E-state index < -0.39 is 0 Å². The molecule has 0 aromatic carbocycles. The highest BCUT2D eigenvalue weighted by molar-refractivity contribution is 5.94. The number of imidazole rings is 1. The first-order valence-corrected chi connectivity index (χ1v) is 4.78. The molecule has 0 bridgehead atoms. The standard InChI is InChI=1S/C10H12N4O/c1-3-8-6-9(13(2)12-8)10(15)14-5-4-11-7-14/h4-7H,3H2,1-2H3. The smallest absolute Gasteiger partial charge is 0.271 e. The van der Waals surface area contributed by atoms with Crippen molar-refractivity contribution in [2.75, 3.05) is 0 Å². The zero-order valence-corrected chi connectivity index (χ0v) is 8.71. The Hall–Kier alpha value is -1.91. The van der Waals surface area contributed by atoms with Gasteiger partial charge >= 0.3 is 0 Å². The molecule has 0 spiro atoms. The summed E-state index contributed by atoms with van der Waals surface area (Å²) in [5, 5.41) is 4.22. The van der Waals surface area contributed by atoms with Gasteiger partial charge in [-0.1, -0.05) is 6.92 Å². The second kappa shape index (κ2) is 3.68. The molecule has 0 radical (unpaired) electrons. The summed E-state index contributed by atoms with van der Waals surface area (Å²) >= 11 is 0. The Morgan fingerprint density at radius 2 is 2.33 bits per heavy atom. The normalized spacial score (nSPS) is 10.5. The van der Waals surface area contributed by atoms with Crippen molar-refractivity contribution in [1.29, 1.82) is 0 Å². The summed E-state index contributed by atoms with van der Waals surface area (Å²) in [7, 11) is 1.77. The van der Waals surface area contributed by atoms with Gasteiger partial charge in [0.15, 0.2) is 0 Å². The zero-order valence-electron chi connectivity index (χ0n) is 8.71. The predicted octanol–water partition coefficient (Wildman–Crippen LogP) is 0.867. The van der Waals surface area contributed by atoms with E-state index in [4.69, 9.17) is 0 Å². The van der Waals surface area contributed by atoms with Gasteiger partial charge in [0.05, 0.1) is 5.69 Å². The van der Waals surface area contributed by atoms with Crippen molar-refractivity contribution in [1.82, 2.24) is 19.3 Å². The van der Waals surface area contributed by atoms with Crippen LogP contribution in [0.15, 0.2) is 24.8 Å². The molecule has 2 aromatic heterocycles. The van der Waals surface area contributed by atoms with Crippen molar-refractivity contribution in [3.63, 3.8) is 0 Å². The van der Waals surface area contributed by atoms with Gasteiger partial charge in [0.1, 0.15) is 12.0 Å². The summed E-state index contributed by atoms with van der Waals surface area (Å²) < 4.78 is 3.04. The zero-order chi connectivity index (χ0) is 10.8. The topological polar surface area (TPSA) is 52.7 Å². The molecule has 0 saturated carbocycles. The van der Waals surface area contributed by atoms with E-state index in [1.54, 1.807) is 24.1 Å². The molecule has 0 aliphatic heterocycles. The minimum absolute atomic E-state index is 0.109. The molecule has 0 fully saturated rings. The molecule has 0 aliphatic rings. The number of carbonyl (C=O) groups excluding carboxylic acids is 1. The third kappa shape index (κ3) is 1.68. The van der Waals surface area contributed by atoms with Gasteiger partial charge in [-0.15, -0.1) is 0 Å². The molecule has 2 rings (SSSR count). The second-order valence-corrected chi connectivity index (χ2v) is 3.27. The molecule has 0 unspecified atom stereocenters. The fourth-order valence-corrected chi connectivity index (χ4v) is 1.41. The largest absolute Gasteiger partial charge is 0.281 e. The second-order valence-electron chi connectivity index (χ2n) is 3.27. The van der Waals surface area contributed by atoms with Crippen LogP contribution in [0.25, 0.3) is 0 Å². The Morgan fingerprint density at radius 1 is 1.53 bits per heavy atom. The number of nitrogens with zero attached hydrogens (tertiary/aromatic N) is 4. The fraction of sp³-hybridized carbons (Fsp3) is 0.300. The molecule has 0 amide bonds. The Balaban J connectivity index is 2.37. The van der Waals surface area contributed by atoms with E-state index in [0.717, 1.165) is 12.1 Å². The number of carbonyl (C=O) groups is 1. The van der Waals surface area contributed by atoms with Crippen molar-refractivity contribution in [3.05, 3.63) is 36.2 Å². The molecule has 0 atom stereocenters. The van der Waals surface area contributed by atoms with E-state index in [0.29, 0.717) is 5.69 Å². The first-order valence-electron chi connectivity index (χ1n) is 4.78. The molecule has 0 N–H and O–H groups in total. The average Bonchev–Trinajstić information content (AvgIpc) is 2.85. The lowest BCUT2D eigenvalue weighted by atomic mass is 10.3. The number of hydrogen-bond acceptors (Lipinski definition) is 3. The van der Waals surface area contributed by atoms with Gasteiger partial charge in [-0.3, -0.25) is 14.0 Å². The lowest BCUT2D eigenvalue weighted by molar-refractivity contribution is 0.0950. The summed E-state index contributed by atoms with van der Waals surface area (Å²) in [5.74, 6) is -0.109. The number of hydrogen-bond donors (Lipinski definition) is 0. The predicted molar refractivity (Wildman–Crippen MR) is 54.5 cm³/mol. The summed E-state index contributed by atoms with van der Waals surface area (Å²) in [6, 6.07) is 1.81. The number of aryl methyl sites for hydroxylation is 2. The molecule has 15 heavy (non-hydrogen) atoms. The van der Waals surface area contributed by atoms with Crippen LogP contribution in [0.5, 0.6) is 0 Å². The Bertz CT molecular complexity index is 470. The van der Waals surface area contributed by atoms with Gasteiger partial charge in [0.2, 0.25) is 0 Å². The maximum Gasteiger partial charge on any atom is 0.281 e. The van der Waals surface area contributed by atoms with Crippen molar-refractivity contribution in [2.45, 2.75) is 13.3 Å². The van der Waals surface area contributed by atoms with Gasteiger partial charge in [-0.2, -0.15) is 5.10 Å². The van der Waals surface area contributed by atoms with Crippen molar-refractivity contribution in [3.8, 4) is 0 Å². The van der Waals surface area contributed by atoms with Crippen molar-refractivity contribution >= 4 is 5.91 Å². The molecule has 0 aliphatic carbocycles. The molecule has 2 aromatic rings. The van der Waals surface area contributed by atoms with E-state index >= 15 is 0 Å². The van der Waals surface area contributed by atoms with Crippen LogP contribution in [0.4, 0.5) is 0 Å². The highest BCUT2D eigenvalue weighted by Crippen LogP contribution is 2.06. The fourth-order valence-electron chi connectivity index (χ4n) is 1.41. The number of aromatic nitrogens is 4. The van der Waals surface area contributed by atoms with Crippen LogP contribution in [0.3, 0.4) is 0 Å². The summed E-state index contributed by atoms with van der Waals surface area (Å²) in [6.45, 7) is 2.01. The molecular formula is C10H12N4O. The van der Waals surface area contributed by atoms with Gasteiger partial charge < -0.3 is 0 Å². The van der Waals surface area contributed by atoms with Crippen LogP contribution in [0.1, 0.15) is 23.1 Å². The van der Waals surface area contributed by atoms with Crippen molar-refractivity contribution < 1.29 is 4.79 Å². The third-order valence-electron chi connectivity index (χ3n) is 2.25. The van der Waals surface area contributed by atoms with Crippen LogP contribution in [0.2, 0.25) is 0 Å². The van der Waals surface area contributed by atoms with Crippen LogP contribution in [-0.2, 0) is 13.5 Å². The maximum atomic E-state index is 11.9. The molecular weight excluding hydrogens is 192 g/mol. The van der Waals surface area contributed by atoms with E-state index in [1.807, 2.05) is 13.0 Å². The summed E-state index contributed by atoms with van der Waals surface area (Å²) in [4.78, 5) is 15.8. The van der Waals surface area contributed by atoms with E-state index in [9.17, 15) is 4.79 Å². The van der Waals surface area contributed by atoms with Gasteiger partial charge in [-0.25, -0.2) is 4.98 Å². The van der Waals surface area contributed by atoms with Gasteiger partial charge in [0.25, 0.3) is 5.91 Å². The minimum atomic E-state index is -0.109.